The van der Waals surface area contributed by atoms with Crippen molar-refractivity contribution >= 4 is 22.9 Å². The summed E-state index contributed by atoms with van der Waals surface area (Å²) in [5.74, 6) is -0.0661. The molecule has 1 aliphatic rings. The van der Waals surface area contributed by atoms with Crippen LogP contribution in [0.15, 0.2) is 48.8 Å². The summed E-state index contributed by atoms with van der Waals surface area (Å²) < 4.78 is 0. The van der Waals surface area contributed by atoms with Crippen molar-refractivity contribution in [1.82, 2.24) is 9.97 Å². The monoisotopic (exact) mass is 360 g/mol. The van der Waals surface area contributed by atoms with Gasteiger partial charge in [-0.3, -0.25) is 9.78 Å². The van der Waals surface area contributed by atoms with Gasteiger partial charge in [0, 0.05) is 34.4 Å². The minimum absolute atomic E-state index is 0.00426. The fourth-order valence-corrected chi connectivity index (χ4v) is 4.32. The standard InChI is InChI=1S/C20H16N4OS/c21-12-13-2-1-3-16(10-13)23-19(25)15-4-5-17-18(11-15)26-20(24-17)14-6-8-22-9-7-14/h1-3,6-10,15H,4-5,11H2,(H,23,25). The number of thiazole rings is 1. The van der Waals surface area contributed by atoms with E-state index >= 15 is 0 Å². The molecule has 0 aliphatic heterocycles. The van der Waals surface area contributed by atoms with Gasteiger partial charge in [0.15, 0.2) is 0 Å². The Morgan fingerprint density at radius 3 is 2.92 bits per heavy atom. The van der Waals surface area contributed by atoms with Crippen molar-refractivity contribution in [3.05, 3.63) is 64.9 Å². The molecule has 1 aromatic carbocycles. The molecular weight excluding hydrogens is 344 g/mol. The molecule has 2 heterocycles. The van der Waals surface area contributed by atoms with E-state index in [2.05, 4.69) is 16.4 Å². The molecule has 1 N–H and O–H groups in total. The van der Waals surface area contributed by atoms with Crippen molar-refractivity contribution in [2.24, 2.45) is 5.92 Å². The predicted molar refractivity (Wildman–Crippen MR) is 101 cm³/mol. The van der Waals surface area contributed by atoms with Gasteiger partial charge in [-0.1, -0.05) is 6.07 Å². The number of aryl methyl sites for hydroxylation is 1. The summed E-state index contributed by atoms with van der Waals surface area (Å²) in [5, 5.41) is 12.9. The Balaban J connectivity index is 1.48. The van der Waals surface area contributed by atoms with Gasteiger partial charge in [0.2, 0.25) is 5.91 Å². The fraction of sp³-hybridized carbons (Fsp3) is 0.200. The minimum atomic E-state index is -0.0704. The lowest BCUT2D eigenvalue weighted by molar-refractivity contribution is -0.120. The van der Waals surface area contributed by atoms with Gasteiger partial charge in [0.05, 0.1) is 17.3 Å². The van der Waals surface area contributed by atoms with Crippen LogP contribution in [0.4, 0.5) is 5.69 Å². The summed E-state index contributed by atoms with van der Waals surface area (Å²) in [4.78, 5) is 22.6. The summed E-state index contributed by atoms with van der Waals surface area (Å²) >= 11 is 1.66. The van der Waals surface area contributed by atoms with Crippen molar-refractivity contribution in [3.8, 4) is 16.6 Å². The number of anilines is 1. The number of hydrogen-bond donors (Lipinski definition) is 1. The van der Waals surface area contributed by atoms with Crippen molar-refractivity contribution in [2.75, 3.05) is 5.32 Å². The summed E-state index contributed by atoms with van der Waals surface area (Å²) in [6.07, 6.45) is 5.84. The molecule has 0 fully saturated rings. The Bertz CT molecular complexity index is 991. The molecule has 1 atom stereocenters. The number of carbonyl (C=O) groups is 1. The third-order valence-electron chi connectivity index (χ3n) is 4.50. The van der Waals surface area contributed by atoms with Gasteiger partial charge in [-0.25, -0.2) is 4.98 Å². The van der Waals surface area contributed by atoms with Gasteiger partial charge in [-0.2, -0.15) is 5.26 Å². The molecule has 5 nitrogen and oxygen atoms in total. The molecule has 0 bridgehead atoms. The Hall–Kier alpha value is -3.04. The van der Waals surface area contributed by atoms with Crippen LogP contribution >= 0.6 is 11.3 Å². The molecule has 128 valence electrons. The maximum Gasteiger partial charge on any atom is 0.227 e. The van der Waals surface area contributed by atoms with E-state index in [0.717, 1.165) is 29.1 Å². The molecule has 4 rings (SSSR count). The third kappa shape index (κ3) is 3.35. The second kappa shape index (κ2) is 7.06. The number of nitrogens with one attached hydrogen (secondary N) is 1. The molecule has 0 saturated heterocycles. The smallest absolute Gasteiger partial charge is 0.227 e. The van der Waals surface area contributed by atoms with Crippen LogP contribution in [0.25, 0.3) is 10.6 Å². The van der Waals surface area contributed by atoms with Crippen molar-refractivity contribution < 1.29 is 4.79 Å². The largest absolute Gasteiger partial charge is 0.326 e. The van der Waals surface area contributed by atoms with Crippen LogP contribution in [0.3, 0.4) is 0 Å². The number of pyridine rings is 1. The zero-order chi connectivity index (χ0) is 17.9. The predicted octanol–water partition coefficient (Wildman–Crippen LogP) is 3.82. The minimum Gasteiger partial charge on any atom is -0.326 e. The van der Waals surface area contributed by atoms with E-state index < -0.39 is 0 Å². The number of amides is 1. The van der Waals surface area contributed by atoms with Crippen LogP contribution in [0.5, 0.6) is 0 Å². The first-order valence-corrected chi connectivity index (χ1v) is 9.24. The molecule has 1 unspecified atom stereocenters. The summed E-state index contributed by atoms with van der Waals surface area (Å²) in [6, 6.07) is 13.0. The number of hydrogen-bond acceptors (Lipinski definition) is 5. The number of nitriles is 1. The molecule has 0 spiro atoms. The Labute approximate surface area is 155 Å². The van der Waals surface area contributed by atoms with E-state index in [4.69, 9.17) is 10.2 Å². The summed E-state index contributed by atoms with van der Waals surface area (Å²) in [5.41, 5.74) is 3.38. The number of rotatable bonds is 3. The highest BCUT2D eigenvalue weighted by molar-refractivity contribution is 7.15. The van der Waals surface area contributed by atoms with Crippen LogP contribution in [-0.4, -0.2) is 15.9 Å². The van der Waals surface area contributed by atoms with Crippen LogP contribution in [0.1, 0.15) is 22.6 Å². The average Bonchev–Trinajstić information content (AvgIpc) is 3.12. The average molecular weight is 360 g/mol. The highest BCUT2D eigenvalue weighted by atomic mass is 32.1. The topological polar surface area (TPSA) is 78.7 Å². The summed E-state index contributed by atoms with van der Waals surface area (Å²) in [7, 11) is 0. The lowest BCUT2D eigenvalue weighted by atomic mass is 9.90. The number of carbonyl (C=O) groups excluding carboxylic acids is 1. The van der Waals surface area contributed by atoms with E-state index in [9.17, 15) is 4.79 Å². The maximum absolute atomic E-state index is 12.6. The van der Waals surface area contributed by atoms with Gasteiger partial charge in [-0.15, -0.1) is 11.3 Å². The normalized spacial score (nSPS) is 15.7. The van der Waals surface area contributed by atoms with Crippen LogP contribution in [0.2, 0.25) is 0 Å². The van der Waals surface area contributed by atoms with Crippen LogP contribution in [-0.2, 0) is 17.6 Å². The first-order chi connectivity index (χ1) is 12.7. The fourth-order valence-electron chi connectivity index (χ4n) is 3.13. The molecular formula is C20H16N4OS. The first-order valence-electron chi connectivity index (χ1n) is 8.43. The van der Waals surface area contributed by atoms with Crippen molar-refractivity contribution in [1.29, 1.82) is 5.26 Å². The molecule has 1 amide bonds. The van der Waals surface area contributed by atoms with E-state index in [1.165, 1.54) is 4.88 Å². The highest BCUT2D eigenvalue weighted by Gasteiger charge is 2.27. The molecule has 2 aromatic heterocycles. The Kier molecular flexibility index (Phi) is 4.46. The lowest BCUT2D eigenvalue weighted by Gasteiger charge is -2.20. The SMILES string of the molecule is N#Cc1cccc(NC(=O)C2CCc3nc(-c4ccncc4)sc3C2)c1. The number of aromatic nitrogens is 2. The number of fused-ring (bicyclic) bond motifs is 1. The van der Waals surface area contributed by atoms with E-state index in [1.807, 2.05) is 12.1 Å². The summed E-state index contributed by atoms with van der Waals surface area (Å²) in [6.45, 7) is 0. The molecule has 1 aliphatic carbocycles. The Morgan fingerprint density at radius 1 is 1.27 bits per heavy atom. The van der Waals surface area contributed by atoms with Gasteiger partial charge in [0.25, 0.3) is 0 Å². The zero-order valence-electron chi connectivity index (χ0n) is 14.0. The van der Waals surface area contributed by atoms with Gasteiger partial charge in [0.1, 0.15) is 5.01 Å². The highest BCUT2D eigenvalue weighted by Crippen LogP contribution is 2.34. The van der Waals surface area contributed by atoms with E-state index in [-0.39, 0.29) is 11.8 Å². The first kappa shape index (κ1) is 16.4. The van der Waals surface area contributed by atoms with Gasteiger partial charge < -0.3 is 5.32 Å². The molecule has 6 heteroatoms. The molecule has 0 radical (unpaired) electrons. The van der Waals surface area contributed by atoms with Crippen LogP contribution < -0.4 is 5.32 Å². The quantitative estimate of drug-likeness (QED) is 0.770. The molecule has 26 heavy (non-hydrogen) atoms. The van der Waals surface area contributed by atoms with Crippen LogP contribution in [0, 0.1) is 17.2 Å². The lowest BCUT2D eigenvalue weighted by Crippen LogP contribution is -2.27. The van der Waals surface area contributed by atoms with E-state index in [1.54, 1.807) is 48.0 Å². The second-order valence-electron chi connectivity index (χ2n) is 6.25. The maximum atomic E-state index is 12.6. The number of benzene rings is 1. The third-order valence-corrected chi connectivity index (χ3v) is 5.67. The zero-order valence-corrected chi connectivity index (χ0v) is 14.8. The molecule has 3 aromatic rings. The molecule has 0 saturated carbocycles. The van der Waals surface area contributed by atoms with Crippen molar-refractivity contribution in [3.63, 3.8) is 0 Å². The van der Waals surface area contributed by atoms with E-state index in [0.29, 0.717) is 17.7 Å². The van der Waals surface area contributed by atoms with Gasteiger partial charge in [-0.05, 0) is 49.6 Å². The second-order valence-corrected chi connectivity index (χ2v) is 7.33. The van der Waals surface area contributed by atoms with Crippen molar-refractivity contribution in [2.45, 2.75) is 19.3 Å². The number of nitrogens with zero attached hydrogens (tertiary/aromatic N) is 3. The van der Waals surface area contributed by atoms with Gasteiger partial charge >= 0.3 is 0 Å². The Morgan fingerprint density at radius 2 is 2.12 bits per heavy atom.